The summed E-state index contributed by atoms with van der Waals surface area (Å²) in [5, 5.41) is 9.72. The summed E-state index contributed by atoms with van der Waals surface area (Å²) >= 11 is 0. The number of Topliss-reactive ketones (excluding diaryl/α,β-unsaturated/α-hetero) is 1. The van der Waals surface area contributed by atoms with Crippen LogP contribution in [0.1, 0.15) is 53.4 Å². The van der Waals surface area contributed by atoms with Crippen molar-refractivity contribution in [3.63, 3.8) is 0 Å². The van der Waals surface area contributed by atoms with E-state index in [0.29, 0.717) is 31.0 Å². The Balaban J connectivity index is 4.02. The Hall–Kier alpha value is -0.890. The van der Waals surface area contributed by atoms with E-state index >= 15 is 0 Å². The van der Waals surface area contributed by atoms with Crippen molar-refractivity contribution in [2.75, 3.05) is 0 Å². The highest BCUT2D eigenvalue weighted by Gasteiger charge is 2.13. The number of aliphatic hydroxyl groups is 1. The third kappa shape index (κ3) is 8.87. The fourth-order valence-corrected chi connectivity index (χ4v) is 1.62. The van der Waals surface area contributed by atoms with Crippen LogP contribution >= 0.6 is 0 Å². The van der Waals surface area contributed by atoms with Crippen LogP contribution < -0.4 is 0 Å². The van der Waals surface area contributed by atoms with Crippen molar-refractivity contribution in [3.8, 4) is 0 Å². The minimum atomic E-state index is -0.807. The predicted octanol–water partition coefficient (Wildman–Crippen LogP) is 3.66. The summed E-state index contributed by atoms with van der Waals surface area (Å²) in [4.78, 5) is 11.6. The molecule has 0 heterocycles. The van der Waals surface area contributed by atoms with Crippen LogP contribution in [-0.4, -0.2) is 16.5 Å². The van der Waals surface area contributed by atoms with Crippen LogP contribution in [0.2, 0.25) is 0 Å². The highest BCUT2D eigenvalue weighted by atomic mass is 16.3. The standard InChI is InChI=1S/C15H26O2/c1-6-15(5,17)9-7-8-13(4)11-14(16)10-12(2)3/h6,8,12,17H,1,7,9-11H2,2-5H3. The lowest BCUT2D eigenvalue weighted by atomic mass is 9.98. The second-order valence-electron chi connectivity index (χ2n) is 5.46. The molecule has 1 N–H and O–H groups in total. The van der Waals surface area contributed by atoms with Gasteiger partial charge in [0, 0.05) is 12.8 Å². The molecule has 0 saturated carbocycles. The molecule has 0 aromatic heterocycles. The lowest BCUT2D eigenvalue weighted by molar-refractivity contribution is -0.119. The maximum Gasteiger partial charge on any atom is 0.137 e. The van der Waals surface area contributed by atoms with Gasteiger partial charge in [-0.15, -0.1) is 6.58 Å². The topological polar surface area (TPSA) is 37.3 Å². The molecule has 17 heavy (non-hydrogen) atoms. The molecule has 0 amide bonds. The van der Waals surface area contributed by atoms with Crippen LogP contribution in [0.3, 0.4) is 0 Å². The quantitative estimate of drug-likeness (QED) is 0.655. The number of allylic oxidation sites excluding steroid dienone is 2. The maximum absolute atomic E-state index is 11.6. The monoisotopic (exact) mass is 238 g/mol. The predicted molar refractivity (Wildman–Crippen MR) is 72.9 cm³/mol. The van der Waals surface area contributed by atoms with Gasteiger partial charge in [-0.25, -0.2) is 0 Å². The molecule has 0 fully saturated rings. The lowest BCUT2D eigenvalue weighted by Crippen LogP contribution is -2.19. The van der Waals surface area contributed by atoms with Gasteiger partial charge in [-0.1, -0.05) is 31.6 Å². The summed E-state index contributed by atoms with van der Waals surface area (Å²) in [5.41, 5.74) is 0.286. The molecule has 0 rings (SSSR count). The van der Waals surface area contributed by atoms with Crippen molar-refractivity contribution in [1.82, 2.24) is 0 Å². The molecule has 0 spiro atoms. The molecule has 2 heteroatoms. The molecule has 1 atom stereocenters. The maximum atomic E-state index is 11.6. The zero-order chi connectivity index (χ0) is 13.5. The van der Waals surface area contributed by atoms with Gasteiger partial charge in [0.25, 0.3) is 0 Å². The molecule has 0 saturated heterocycles. The zero-order valence-electron chi connectivity index (χ0n) is 11.6. The van der Waals surface area contributed by atoms with Crippen LogP contribution in [0.4, 0.5) is 0 Å². The first-order chi connectivity index (χ1) is 7.76. The van der Waals surface area contributed by atoms with E-state index < -0.39 is 5.60 Å². The molecule has 0 aromatic carbocycles. The van der Waals surface area contributed by atoms with Gasteiger partial charge in [0.1, 0.15) is 5.78 Å². The first-order valence-corrected chi connectivity index (χ1v) is 6.30. The number of rotatable bonds is 8. The molecule has 98 valence electrons. The van der Waals surface area contributed by atoms with Crippen LogP contribution in [0.15, 0.2) is 24.3 Å². The zero-order valence-corrected chi connectivity index (χ0v) is 11.6. The van der Waals surface area contributed by atoms with E-state index in [4.69, 9.17) is 0 Å². The highest BCUT2D eigenvalue weighted by molar-refractivity contribution is 5.80. The van der Waals surface area contributed by atoms with Crippen molar-refractivity contribution >= 4 is 5.78 Å². The number of ketones is 1. The van der Waals surface area contributed by atoms with Gasteiger partial charge in [-0.2, -0.15) is 0 Å². The Kier molecular flexibility index (Phi) is 7.05. The van der Waals surface area contributed by atoms with Gasteiger partial charge >= 0.3 is 0 Å². The molecule has 0 aliphatic heterocycles. The number of hydrogen-bond donors (Lipinski definition) is 1. The SMILES string of the molecule is C=CC(C)(O)CCC=C(C)CC(=O)CC(C)C. The van der Waals surface area contributed by atoms with Crippen molar-refractivity contribution < 1.29 is 9.90 Å². The van der Waals surface area contributed by atoms with Gasteiger partial charge in [-0.05, 0) is 32.6 Å². The molecule has 0 aromatic rings. The van der Waals surface area contributed by atoms with Gasteiger partial charge in [0.05, 0.1) is 5.60 Å². The number of hydrogen-bond acceptors (Lipinski definition) is 2. The number of carbonyl (C=O) groups excluding carboxylic acids is 1. The first kappa shape index (κ1) is 16.1. The summed E-state index contributed by atoms with van der Waals surface area (Å²) in [7, 11) is 0. The Morgan fingerprint density at radius 2 is 2.06 bits per heavy atom. The summed E-state index contributed by atoms with van der Waals surface area (Å²) in [6, 6.07) is 0. The van der Waals surface area contributed by atoms with Gasteiger partial charge in [0.2, 0.25) is 0 Å². The van der Waals surface area contributed by atoms with E-state index in [1.807, 2.05) is 13.0 Å². The van der Waals surface area contributed by atoms with E-state index in [-0.39, 0.29) is 0 Å². The van der Waals surface area contributed by atoms with Crippen molar-refractivity contribution in [2.45, 2.75) is 59.0 Å². The Morgan fingerprint density at radius 1 is 1.47 bits per heavy atom. The average molecular weight is 238 g/mol. The third-order valence-corrected chi connectivity index (χ3v) is 2.69. The first-order valence-electron chi connectivity index (χ1n) is 6.30. The van der Waals surface area contributed by atoms with Crippen LogP contribution in [0.25, 0.3) is 0 Å². The fraction of sp³-hybridized carbons (Fsp3) is 0.667. The average Bonchev–Trinajstić information content (AvgIpc) is 2.15. The van der Waals surface area contributed by atoms with Crippen molar-refractivity contribution in [3.05, 3.63) is 24.3 Å². The third-order valence-electron chi connectivity index (χ3n) is 2.69. The summed E-state index contributed by atoms with van der Waals surface area (Å²) in [5.74, 6) is 0.723. The minimum Gasteiger partial charge on any atom is -0.386 e. The van der Waals surface area contributed by atoms with Crippen LogP contribution in [0, 0.1) is 5.92 Å². The molecule has 0 aliphatic carbocycles. The van der Waals surface area contributed by atoms with Crippen LogP contribution in [0.5, 0.6) is 0 Å². The molecule has 1 unspecified atom stereocenters. The van der Waals surface area contributed by atoms with Gasteiger partial charge in [-0.3, -0.25) is 4.79 Å². The second kappa shape index (κ2) is 7.44. The molecule has 2 nitrogen and oxygen atoms in total. The van der Waals surface area contributed by atoms with E-state index in [0.717, 1.165) is 12.0 Å². The molecular formula is C15H26O2. The van der Waals surface area contributed by atoms with Crippen molar-refractivity contribution in [1.29, 1.82) is 0 Å². The van der Waals surface area contributed by atoms with E-state index in [1.165, 1.54) is 0 Å². The summed E-state index contributed by atoms with van der Waals surface area (Å²) in [6.07, 6.45) is 6.20. The van der Waals surface area contributed by atoms with Gasteiger partial charge in [0.15, 0.2) is 0 Å². The fourth-order valence-electron chi connectivity index (χ4n) is 1.62. The lowest BCUT2D eigenvalue weighted by Gasteiger charge is -2.16. The Morgan fingerprint density at radius 3 is 2.53 bits per heavy atom. The van der Waals surface area contributed by atoms with Crippen LogP contribution in [-0.2, 0) is 4.79 Å². The minimum absolute atomic E-state index is 0.296. The van der Waals surface area contributed by atoms with E-state index in [2.05, 4.69) is 20.4 Å². The summed E-state index contributed by atoms with van der Waals surface area (Å²) in [6.45, 7) is 11.4. The number of carbonyl (C=O) groups is 1. The second-order valence-corrected chi connectivity index (χ2v) is 5.46. The Labute approximate surface area is 105 Å². The van der Waals surface area contributed by atoms with E-state index in [1.54, 1.807) is 13.0 Å². The normalized spacial score (nSPS) is 15.8. The largest absolute Gasteiger partial charge is 0.386 e. The Bertz CT molecular complexity index is 285. The molecule has 0 aliphatic rings. The smallest absolute Gasteiger partial charge is 0.137 e. The van der Waals surface area contributed by atoms with Gasteiger partial charge < -0.3 is 5.11 Å². The van der Waals surface area contributed by atoms with Crippen molar-refractivity contribution in [2.24, 2.45) is 5.92 Å². The van der Waals surface area contributed by atoms with E-state index in [9.17, 15) is 9.90 Å². The molecule has 0 radical (unpaired) electrons. The summed E-state index contributed by atoms with van der Waals surface area (Å²) < 4.78 is 0. The highest BCUT2D eigenvalue weighted by Crippen LogP contribution is 2.15. The molecule has 0 bridgehead atoms. The molecular weight excluding hydrogens is 212 g/mol.